The fourth-order valence-electron chi connectivity index (χ4n) is 1.87. The maximum absolute atomic E-state index is 11.6. The molecule has 1 unspecified atom stereocenters. The first-order valence-corrected chi connectivity index (χ1v) is 6.18. The number of amides is 2. The van der Waals surface area contributed by atoms with Crippen LogP contribution in [0.5, 0.6) is 5.75 Å². The zero-order valence-corrected chi connectivity index (χ0v) is 10.5. The minimum atomic E-state index is -0.219. The van der Waals surface area contributed by atoms with Gasteiger partial charge in [-0.1, -0.05) is 6.07 Å². The van der Waals surface area contributed by atoms with Gasteiger partial charge in [-0.05, 0) is 18.6 Å². The lowest BCUT2D eigenvalue weighted by atomic mass is 10.2. The van der Waals surface area contributed by atoms with Gasteiger partial charge in [-0.15, -0.1) is 0 Å². The number of benzene rings is 1. The van der Waals surface area contributed by atoms with Gasteiger partial charge in [0.25, 0.3) is 5.91 Å². The molecule has 1 heterocycles. The Morgan fingerprint density at radius 3 is 3.05 bits per heavy atom. The third kappa shape index (κ3) is 4.17. The molecule has 2 rings (SSSR count). The van der Waals surface area contributed by atoms with E-state index in [9.17, 15) is 9.59 Å². The molecule has 0 aliphatic carbocycles. The third-order valence-corrected chi connectivity index (χ3v) is 2.86. The predicted molar refractivity (Wildman–Crippen MR) is 70.5 cm³/mol. The highest BCUT2D eigenvalue weighted by Gasteiger charge is 2.20. The lowest BCUT2D eigenvalue weighted by molar-refractivity contribution is -0.123. The molecule has 6 heteroatoms. The molecule has 0 bridgehead atoms. The number of carbonyl (C=O) groups is 2. The van der Waals surface area contributed by atoms with Crippen molar-refractivity contribution in [3.05, 3.63) is 24.3 Å². The molecule has 6 nitrogen and oxygen atoms in total. The molecule has 0 radical (unpaired) electrons. The van der Waals surface area contributed by atoms with Crippen LogP contribution in [0.25, 0.3) is 0 Å². The van der Waals surface area contributed by atoms with Crippen LogP contribution in [-0.2, 0) is 9.59 Å². The van der Waals surface area contributed by atoms with E-state index in [0.29, 0.717) is 24.4 Å². The second-order valence-electron chi connectivity index (χ2n) is 4.47. The van der Waals surface area contributed by atoms with Crippen molar-refractivity contribution in [3.63, 3.8) is 0 Å². The van der Waals surface area contributed by atoms with Crippen molar-refractivity contribution >= 4 is 17.5 Å². The summed E-state index contributed by atoms with van der Waals surface area (Å²) in [5, 5.41) is 5.50. The quantitative estimate of drug-likeness (QED) is 0.654. The lowest BCUT2D eigenvalue weighted by Gasteiger charge is -2.12. The standard InChI is InChI=1S/C13H17N3O3/c14-9-2-1-3-11(6-9)19-8-13(18)15-7-10-4-5-12(17)16-10/h1-3,6,10H,4-5,7-8,14H2,(H,15,18)(H,16,17). The van der Waals surface area contributed by atoms with Gasteiger partial charge in [-0.3, -0.25) is 9.59 Å². The van der Waals surface area contributed by atoms with Crippen LogP contribution in [0.4, 0.5) is 5.69 Å². The number of anilines is 1. The Morgan fingerprint density at radius 2 is 2.37 bits per heavy atom. The first-order valence-electron chi connectivity index (χ1n) is 6.18. The lowest BCUT2D eigenvalue weighted by Crippen LogP contribution is -2.40. The molecule has 1 fully saturated rings. The number of ether oxygens (including phenoxy) is 1. The Hall–Kier alpha value is -2.24. The Kier molecular flexibility index (Phi) is 4.22. The second kappa shape index (κ2) is 6.08. The number of hydrogen-bond donors (Lipinski definition) is 3. The summed E-state index contributed by atoms with van der Waals surface area (Å²) < 4.78 is 5.31. The third-order valence-electron chi connectivity index (χ3n) is 2.86. The molecule has 0 aromatic heterocycles. The van der Waals surface area contributed by atoms with Crippen LogP contribution in [0.2, 0.25) is 0 Å². The number of nitrogens with two attached hydrogens (primary N) is 1. The van der Waals surface area contributed by atoms with E-state index >= 15 is 0 Å². The summed E-state index contributed by atoms with van der Waals surface area (Å²) in [6, 6.07) is 6.93. The minimum absolute atomic E-state index is 0.0313. The molecule has 2 amide bonds. The summed E-state index contributed by atoms with van der Waals surface area (Å²) in [6.45, 7) is 0.370. The topological polar surface area (TPSA) is 93.4 Å². The van der Waals surface area contributed by atoms with Crippen LogP contribution < -0.4 is 21.1 Å². The Labute approximate surface area is 111 Å². The molecule has 0 saturated carbocycles. The average molecular weight is 263 g/mol. The van der Waals surface area contributed by atoms with Crippen molar-refractivity contribution in [2.75, 3.05) is 18.9 Å². The van der Waals surface area contributed by atoms with Gasteiger partial charge in [0.05, 0.1) is 0 Å². The van der Waals surface area contributed by atoms with E-state index in [-0.39, 0.29) is 24.5 Å². The number of nitrogen functional groups attached to an aromatic ring is 1. The molecule has 1 saturated heterocycles. The van der Waals surface area contributed by atoms with Crippen LogP contribution in [0.15, 0.2) is 24.3 Å². The Morgan fingerprint density at radius 1 is 1.53 bits per heavy atom. The van der Waals surface area contributed by atoms with Gasteiger partial charge in [0.15, 0.2) is 6.61 Å². The van der Waals surface area contributed by atoms with Crippen molar-refractivity contribution < 1.29 is 14.3 Å². The highest BCUT2D eigenvalue weighted by molar-refractivity contribution is 5.79. The summed E-state index contributed by atoms with van der Waals surface area (Å²) in [7, 11) is 0. The molecule has 1 aromatic rings. The molecule has 1 aliphatic heterocycles. The summed E-state index contributed by atoms with van der Waals surface area (Å²) >= 11 is 0. The van der Waals surface area contributed by atoms with Gasteiger partial charge in [0, 0.05) is 30.8 Å². The van der Waals surface area contributed by atoms with Gasteiger partial charge >= 0.3 is 0 Å². The molecule has 1 aliphatic rings. The normalized spacial score (nSPS) is 17.9. The Balaban J connectivity index is 1.68. The van der Waals surface area contributed by atoms with Crippen LogP contribution >= 0.6 is 0 Å². The highest BCUT2D eigenvalue weighted by atomic mass is 16.5. The van der Waals surface area contributed by atoms with E-state index in [1.54, 1.807) is 24.3 Å². The number of carbonyl (C=O) groups excluding carboxylic acids is 2. The van der Waals surface area contributed by atoms with Crippen LogP contribution in [0.1, 0.15) is 12.8 Å². The summed E-state index contributed by atoms with van der Waals surface area (Å²) in [5.74, 6) is 0.378. The van der Waals surface area contributed by atoms with Gasteiger partial charge in [0.2, 0.25) is 5.91 Å². The van der Waals surface area contributed by atoms with Crippen molar-refractivity contribution in [2.45, 2.75) is 18.9 Å². The summed E-state index contributed by atoms with van der Waals surface area (Å²) in [4.78, 5) is 22.5. The molecular formula is C13H17N3O3. The van der Waals surface area contributed by atoms with Crippen LogP contribution in [-0.4, -0.2) is 31.0 Å². The van der Waals surface area contributed by atoms with Crippen LogP contribution in [0.3, 0.4) is 0 Å². The fourth-order valence-corrected chi connectivity index (χ4v) is 1.87. The first-order chi connectivity index (χ1) is 9.13. The molecule has 102 valence electrons. The molecule has 4 N–H and O–H groups in total. The fraction of sp³-hybridized carbons (Fsp3) is 0.385. The van der Waals surface area contributed by atoms with E-state index in [4.69, 9.17) is 10.5 Å². The molecule has 1 atom stereocenters. The highest BCUT2D eigenvalue weighted by Crippen LogP contribution is 2.14. The van der Waals surface area contributed by atoms with Crippen molar-refractivity contribution in [3.8, 4) is 5.75 Å². The molecule has 19 heavy (non-hydrogen) atoms. The van der Waals surface area contributed by atoms with E-state index < -0.39 is 0 Å². The SMILES string of the molecule is Nc1cccc(OCC(=O)NCC2CCC(=O)N2)c1. The number of rotatable bonds is 5. The summed E-state index contributed by atoms with van der Waals surface area (Å²) in [5.41, 5.74) is 6.19. The number of hydrogen-bond acceptors (Lipinski definition) is 4. The van der Waals surface area contributed by atoms with Crippen molar-refractivity contribution in [1.82, 2.24) is 10.6 Å². The van der Waals surface area contributed by atoms with E-state index in [1.165, 1.54) is 0 Å². The van der Waals surface area contributed by atoms with Crippen molar-refractivity contribution in [1.29, 1.82) is 0 Å². The predicted octanol–water partition coefficient (Wildman–Crippen LogP) is 0.0424. The minimum Gasteiger partial charge on any atom is -0.484 e. The maximum atomic E-state index is 11.6. The summed E-state index contributed by atoms with van der Waals surface area (Å²) in [6.07, 6.45) is 1.29. The molecular weight excluding hydrogens is 246 g/mol. The van der Waals surface area contributed by atoms with Gasteiger partial charge in [-0.25, -0.2) is 0 Å². The van der Waals surface area contributed by atoms with Gasteiger partial charge < -0.3 is 21.1 Å². The van der Waals surface area contributed by atoms with Gasteiger partial charge in [-0.2, -0.15) is 0 Å². The maximum Gasteiger partial charge on any atom is 0.258 e. The van der Waals surface area contributed by atoms with Crippen molar-refractivity contribution in [2.24, 2.45) is 0 Å². The van der Waals surface area contributed by atoms with E-state index in [0.717, 1.165) is 6.42 Å². The zero-order valence-electron chi connectivity index (χ0n) is 10.5. The number of nitrogens with one attached hydrogen (secondary N) is 2. The second-order valence-corrected chi connectivity index (χ2v) is 4.47. The zero-order chi connectivity index (χ0) is 13.7. The van der Waals surface area contributed by atoms with Crippen LogP contribution in [0, 0.1) is 0 Å². The average Bonchev–Trinajstić information content (AvgIpc) is 2.80. The smallest absolute Gasteiger partial charge is 0.258 e. The van der Waals surface area contributed by atoms with E-state index in [1.807, 2.05) is 0 Å². The van der Waals surface area contributed by atoms with E-state index in [2.05, 4.69) is 10.6 Å². The molecule has 0 spiro atoms. The monoisotopic (exact) mass is 263 g/mol. The molecule has 1 aromatic carbocycles. The Bertz CT molecular complexity index is 476. The van der Waals surface area contributed by atoms with Gasteiger partial charge in [0.1, 0.15) is 5.75 Å². The first kappa shape index (κ1) is 13.2. The largest absolute Gasteiger partial charge is 0.484 e.